The Morgan fingerprint density at radius 3 is 2.52 bits per heavy atom. The second-order valence-corrected chi connectivity index (χ2v) is 6.40. The number of carboxylic acid groups (broad SMARTS) is 1. The van der Waals surface area contributed by atoms with Crippen molar-refractivity contribution in [2.75, 3.05) is 0 Å². The van der Waals surface area contributed by atoms with Gasteiger partial charge in [-0.25, -0.2) is 9.18 Å². The average molecular weight is 369 g/mol. The molecule has 5 N–H and O–H groups in total. The van der Waals surface area contributed by atoms with Gasteiger partial charge in [-0.2, -0.15) is 0 Å². The molecule has 1 unspecified atom stereocenters. The molecule has 1 amide bonds. The Hall–Kier alpha value is -3.19. The number of carbonyl (C=O) groups excluding carboxylic acids is 1. The highest BCUT2D eigenvalue weighted by Gasteiger charge is 2.24. The van der Waals surface area contributed by atoms with Crippen molar-refractivity contribution in [2.45, 2.75) is 24.9 Å². The molecule has 140 valence electrons. The van der Waals surface area contributed by atoms with Crippen LogP contribution in [0.3, 0.4) is 0 Å². The molecule has 0 fully saturated rings. The van der Waals surface area contributed by atoms with E-state index in [4.69, 9.17) is 5.73 Å². The van der Waals surface area contributed by atoms with E-state index >= 15 is 0 Å². The number of para-hydroxylation sites is 1. The number of H-pyrrole nitrogens is 1. The maximum Gasteiger partial charge on any atom is 0.326 e. The van der Waals surface area contributed by atoms with Crippen LogP contribution in [0.25, 0.3) is 10.9 Å². The molecule has 1 aromatic heterocycles. The van der Waals surface area contributed by atoms with E-state index in [9.17, 15) is 19.1 Å². The standard InChI is InChI=1S/C20H20FN3O3/c21-14-7-5-12(6-8-14)9-18(20(26)27)24-19(25)16(22)10-13-11-23-17-4-2-1-3-15(13)17/h1-8,11,16,18,23H,9-10,22H2,(H,24,25)(H,26,27)/t16?,18-/m0/s1. The van der Waals surface area contributed by atoms with Gasteiger partial charge in [0.25, 0.3) is 0 Å². The van der Waals surface area contributed by atoms with Gasteiger partial charge in [0, 0.05) is 23.5 Å². The summed E-state index contributed by atoms with van der Waals surface area (Å²) in [5.41, 5.74) is 8.43. The molecule has 0 saturated heterocycles. The molecule has 2 atom stereocenters. The van der Waals surface area contributed by atoms with E-state index in [0.29, 0.717) is 5.56 Å². The van der Waals surface area contributed by atoms with Gasteiger partial charge in [0.2, 0.25) is 5.91 Å². The number of carbonyl (C=O) groups is 2. The van der Waals surface area contributed by atoms with E-state index < -0.39 is 29.8 Å². The molecule has 1 heterocycles. The van der Waals surface area contributed by atoms with Gasteiger partial charge in [0.1, 0.15) is 11.9 Å². The Balaban J connectivity index is 1.66. The van der Waals surface area contributed by atoms with Crippen molar-refractivity contribution in [2.24, 2.45) is 5.73 Å². The van der Waals surface area contributed by atoms with Gasteiger partial charge in [-0.1, -0.05) is 30.3 Å². The molecule has 0 bridgehead atoms. The number of amides is 1. The summed E-state index contributed by atoms with van der Waals surface area (Å²) in [7, 11) is 0. The first kappa shape index (κ1) is 18.6. The lowest BCUT2D eigenvalue weighted by Gasteiger charge is -2.18. The van der Waals surface area contributed by atoms with Crippen molar-refractivity contribution < 1.29 is 19.1 Å². The minimum atomic E-state index is -1.17. The van der Waals surface area contributed by atoms with Crippen molar-refractivity contribution in [3.63, 3.8) is 0 Å². The van der Waals surface area contributed by atoms with E-state index in [2.05, 4.69) is 10.3 Å². The molecular formula is C20H20FN3O3. The Labute approximate surface area is 155 Å². The third kappa shape index (κ3) is 4.51. The van der Waals surface area contributed by atoms with Gasteiger partial charge in [0.05, 0.1) is 6.04 Å². The summed E-state index contributed by atoms with van der Waals surface area (Å²) in [6.45, 7) is 0. The number of halogens is 1. The van der Waals surface area contributed by atoms with Crippen LogP contribution in [0.1, 0.15) is 11.1 Å². The molecule has 0 spiro atoms. The van der Waals surface area contributed by atoms with Crippen LogP contribution in [0.5, 0.6) is 0 Å². The summed E-state index contributed by atoms with van der Waals surface area (Å²) in [6, 6.07) is 11.1. The Bertz CT molecular complexity index is 953. The monoisotopic (exact) mass is 369 g/mol. The number of benzene rings is 2. The molecule has 0 radical (unpaired) electrons. The number of carboxylic acids is 1. The Morgan fingerprint density at radius 2 is 1.81 bits per heavy atom. The number of nitrogens with two attached hydrogens (primary N) is 1. The lowest BCUT2D eigenvalue weighted by atomic mass is 10.0. The molecule has 27 heavy (non-hydrogen) atoms. The van der Waals surface area contributed by atoms with Gasteiger partial charge in [-0.3, -0.25) is 4.79 Å². The summed E-state index contributed by atoms with van der Waals surface area (Å²) < 4.78 is 13.0. The van der Waals surface area contributed by atoms with E-state index in [1.54, 1.807) is 6.20 Å². The average Bonchev–Trinajstić information content (AvgIpc) is 3.05. The number of aromatic nitrogens is 1. The Morgan fingerprint density at radius 1 is 1.11 bits per heavy atom. The van der Waals surface area contributed by atoms with Gasteiger partial charge in [0.15, 0.2) is 0 Å². The van der Waals surface area contributed by atoms with Gasteiger partial charge < -0.3 is 21.1 Å². The van der Waals surface area contributed by atoms with Crippen molar-refractivity contribution >= 4 is 22.8 Å². The summed E-state index contributed by atoms with van der Waals surface area (Å²) in [4.78, 5) is 27.0. The second kappa shape index (κ2) is 8.01. The minimum absolute atomic E-state index is 0.0428. The highest BCUT2D eigenvalue weighted by atomic mass is 19.1. The molecule has 3 aromatic rings. The summed E-state index contributed by atoms with van der Waals surface area (Å²) >= 11 is 0. The molecule has 0 aliphatic carbocycles. The topological polar surface area (TPSA) is 108 Å². The minimum Gasteiger partial charge on any atom is -0.480 e. The number of aromatic amines is 1. The third-order valence-corrected chi connectivity index (χ3v) is 4.42. The van der Waals surface area contributed by atoms with Crippen LogP contribution < -0.4 is 11.1 Å². The molecule has 6 nitrogen and oxygen atoms in total. The van der Waals surface area contributed by atoms with Crippen LogP contribution >= 0.6 is 0 Å². The van der Waals surface area contributed by atoms with Gasteiger partial charge >= 0.3 is 5.97 Å². The maximum absolute atomic E-state index is 13.0. The fraction of sp³-hybridized carbons (Fsp3) is 0.200. The smallest absolute Gasteiger partial charge is 0.326 e. The zero-order chi connectivity index (χ0) is 19.4. The van der Waals surface area contributed by atoms with Crippen molar-refractivity contribution in [3.8, 4) is 0 Å². The molecule has 7 heteroatoms. The highest BCUT2D eigenvalue weighted by molar-refractivity contribution is 5.88. The van der Waals surface area contributed by atoms with Crippen LogP contribution in [0.4, 0.5) is 4.39 Å². The first-order chi connectivity index (χ1) is 12.9. The lowest BCUT2D eigenvalue weighted by molar-refractivity contribution is -0.141. The largest absolute Gasteiger partial charge is 0.480 e. The summed E-state index contributed by atoms with van der Waals surface area (Å²) in [6.07, 6.45) is 2.12. The third-order valence-electron chi connectivity index (χ3n) is 4.42. The first-order valence-electron chi connectivity index (χ1n) is 8.52. The van der Waals surface area contributed by atoms with Gasteiger partial charge in [-0.15, -0.1) is 0 Å². The first-order valence-corrected chi connectivity index (χ1v) is 8.52. The fourth-order valence-corrected chi connectivity index (χ4v) is 2.97. The normalized spacial score (nSPS) is 13.3. The SMILES string of the molecule is NC(Cc1c[nH]c2ccccc12)C(=O)N[C@@H](Cc1ccc(F)cc1)C(=O)O. The predicted molar refractivity (Wildman–Crippen MR) is 99.6 cm³/mol. The summed E-state index contributed by atoms with van der Waals surface area (Å²) in [5.74, 6) is -2.13. The number of rotatable bonds is 7. The zero-order valence-corrected chi connectivity index (χ0v) is 14.5. The van der Waals surface area contributed by atoms with E-state index in [1.165, 1.54) is 24.3 Å². The summed E-state index contributed by atoms with van der Waals surface area (Å²) in [5, 5.41) is 12.8. The van der Waals surface area contributed by atoms with Crippen LogP contribution in [0, 0.1) is 5.82 Å². The second-order valence-electron chi connectivity index (χ2n) is 6.40. The van der Waals surface area contributed by atoms with E-state index in [-0.39, 0.29) is 12.8 Å². The van der Waals surface area contributed by atoms with E-state index in [0.717, 1.165) is 16.5 Å². The number of hydrogen-bond donors (Lipinski definition) is 4. The zero-order valence-electron chi connectivity index (χ0n) is 14.5. The van der Waals surface area contributed by atoms with Crippen molar-refractivity contribution in [3.05, 3.63) is 71.7 Å². The highest BCUT2D eigenvalue weighted by Crippen LogP contribution is 2.18. The van der Waals surface area contributed by atoms with Gasteiger partial charge in [-0.05, 0) is 35.7 Å². The lowest BCUT2D eigenvalue weighted by Crippen LogP contribution is -2.50. The fourth-order valence-electron chi connectivity index (χ4n) is 2.97. The van der Waals surface area contributed by atoms with Crippen LogP contribution in [0.15, 0.2) is 54.7 Å². The molecule has 0 aliphatic rings. The molecule has 2 aromatic carbocycles. The molecule has 0 saturated carbocycles. The van der Waals surface area contributed by atoms with Crippen LogP contribution in [0.2, 0.25) is 0 Å². The quantitative estimate of drug-likeness (QED) is 0.511. The Kier molecular flexibility index (Phi) is 5.52. The number of nitrogens with one attached hydrogen (secondary N) is 2. The maximum atomic E-state index is 13.0. The molecular weight excluding hydrogens is 349 g/mol. The van der Waals surface area contributed by atoms with E-state index in [1.807, 2.05) is 24.3 Å². The number of fused-ring (bicyclic) bond motifs is 1. The van der Waals surface area contributed by atoms with Crippen molar-refractivity contribution in [1.29, 1.82) is 0 Å². The predicted octanol–water partition coefficient (Wildman–Crippen LogP) is 1.99. The number of aliphatic carboxylic acids is 1. The van der Waals surface area contributed by atoms with Crippen molar-refractivity contribution in [1.82, 2.24) is 10.3 Å². The van der Waals surface area contributed by atoms with Crippen LogP contribution in [-0.4, -0.2) is 34.1 Å². The van der Waals surface area contributed by atoms with Crippen LogP contribution in [-0.2, 0) is 22.4 Å². The number of hydrogen-bond acceptors (Lipinski definition) is 3. The molecule has 3 rings (SSSR count). The molecule has 0 aliphatic heterocycles.